The van der Waals surface area contributed by atoms with Crippen LogP contribution in [0.3, 0.4) is 0 Å². The maximum absolute atomic E-state index is 13.4. The summed E-state index contributed by atoms with van der Waals surface area (Å²) in [5, 5.41) is 0. The molecule has 38 heavy (non-hydrogen) atoms. The molecule has 1 amide bonds. The van der Waals surface area contributed by atoms with Gasteiger partial charge in [-0.05, 0) is 69.5 Å². The highest BCUT2D eigenvalue weighted by molar-refractivity contribution is 7.88. The molecular weight excluding hydrogens is 540 g/mol. The Hall–Kier alpha value is -2.87. The molecule has 0 aliphatic carbocycles. The molecule has 0 radical (unpaired) electrons. The predicted molar refractivity (Wildman–Crippen MR) is 125 cm³/mol. The summed E-state index contributed by atoms with van der Waals surface area (Å²) in [4.78, 5) is 20.9. The van der Waals surface area contributed by atoms with Crippen molar-refractivity contribution in [3.8, 4) is 17.1 Å². The summed E-state index contributed by atoms with van der Waals surface area (Å²) in [7, 11) is -6.22. The van der Waals surface area contributed by atoms with Gasteiger partial charge in [0.25, 0.3) is 5.91 Å². The maximum Gasteiger partial charge on any atom is 0.534 e. The molecule has 14 heteroatoms. The van der Waals surface area contributed by atoms with E-state index in [1.165, 1.54) is 24.0 Å². The number of alkyl halides is 6. The molecule has 2 aliphatic rings. The molecule has 1 aromatic heterocycles. The monoisotopic (exact) mass is 565 g/mol. The SMILES string of the molecule is Cc1cc(-c2cccc(C(F)(F)F)c2)nc(OS(=O)(=O)C(F)(F)F)c1C(=O)N1CCC(N2CCCC2)CC1. The highest BCUT2D eigenvalue weighted by Crippen LogP contribution is 2.36. The third kappa shape index (κ3) is 5.90. The minimum absolute atomic E-state index is 0.00597. The van der Waals surface area contributed by atoms with Crippen LogP contribution in [0.2, 0.25) is 0 Å². The number of carbonyl (C=O) groups excluding carboxylic acids is 1. The molecule has 7 nitrogen and oxygen atoms in total. The Labute approximate surface area is 215 Å². The van der Waals surface area contributed by atoms with E-state index in [9.17, 15) is 39.6 Å². The molecule has 0 bridgehead atoms. The summed E-state index contributed by atoms with van der Waals surface area (Å²) < 4.78 is 107. The standard InChI is InChI=1S/C24H25F6N3O4S/c1-15-13-19(16-5-4-6-17(14-16)23(25,26)27)31-21(37-38(35,36)24(28,29)30)20(15)22(34)33-11-7-18(8-12-33)32-9-2-3-10-32/h4-6,13-14,18H,2-3,7-12H2,1H3. The quantitative estimate of drug-likeness (QED) is 0.288. The number of benzene rings is 1. The van der Waals surface area contributed by atoms with E-state index in [1.54, 1.807) is 0 Å². The van der Waals surface area contributed by atoms with Crippen LogP contribution in [-0.2, 0) is 16.3 Å². The highest BCUT2D eigenvalue weighted by Gasteiger charge is 2.49. The van der Waals surface area contributed by atoms with Crippen LogP contribution in [0.4, 0.5) is 26.3 Å². The molecule has 2 aliphatic heterocycles. The normalized spacial score (nSPS) is 18.1. The van der Waals surface area contributed by atoms with E-state index in [2.05, 4.69) is 14.1 Å². The number of halogens is 6. The van der Waals surface area contributed by atoms with E-state index >= 15 is 0 Å². The van der Waals surface area contributed by atoms with Crippen molar-refractivity contribution in [2.24, 2.45) is 0 Å². The van der Waals surface area contributed by atoms with Crippen LogP contribution in [0, 0.1) is 6.92 Å². The van der Waals surface area contributed by atoms with Crippen LogP contribution in [-0.4, -0.2) is 66.8 Å². The Balaban J connectivity index is 1.70. The number of hydrogen-bond acceptors (Lipinski definition) is 6. The van der Waals surface area contributed by atoms with Crippen molar-refractivity contribution in [2.45, 2.75) is 50.3 Å². The number of hydrogen-bond donors (Lipinski definition) is 0. The first kappa shape index (κ1) is 28.1. The second-order valence-corrected chi connectivity index (χ2v) is 10.9. The lowest BCUT2D eigenvalue weighted by Gasteiger charge is -2.37. The third-order valence-electron chi connectivity index (χ3n) is 6.76. The van der Waals surface area contributed by atoms with E-state index < -0.39 is 44.7 Å². The fourth-order valence-corrected chi connectivity index (χ4v) is 5.24. The van der Waals surface area contributed by atoms with Crippen LogP contribution in [0.1, 0.15) is 47.2 Å². The number of pyridine rings is 1. The Bertz CT molecular complexity index is 1300. The van der Waals surface area contributed by atoms with Gasteiger partial charge in [-0.1, -0.05) is 12.1 Å². The smallest absolute Gasteiger partial charge is 0.354 e. The second kappa shape index (κ2) is 10.4. The summed E-state index contributed by atoms with van der Waals surface area (Å²) in [6.07, 6.45) is -1.25. The Morgan fingerprint density at radius 3 is 2.21 bits per heavy atom. The van der Waals surface area contributed by atoms with Gasteiger partial charge in [-0.3, -0.25) is 4.79 Å². The minimum atomic E-state index is -6.22. The van der Waals surface area contributed by atoms with Crippen molar-refractivity contribution in [1.82, 2.24) is 14.8 Å². The summed E-state index contributed by atoms with van der Waals surface area (Å²) in [6.45, 7) is 3.84. The average molecular weight is 566 g/mol. The number of amides is 1. The first-order valence-corrected chi connectivity index (χ1v) is 13.3. The zero-order valence-electron chi connectivity index (χ0n) is 20.3. The number of piperidine rings is 1. The number of rotatable bonds is 5. The highest BCUT2D eigenvalue weighted by atomic mass is 32.2. The van der Waals surface area contributed by atoms with Crippen molar-refractivity contribution in [1.29, 1.82) is 0 Å². The molecule has 0 unspecified atom stereocenters. The molecule has 0 atom stereocenters. The zero-order valence-corrected chi connectivity index (χ0v) is 21.1. The summed E-state index contributed by atoms with van der Waals surface area (Å²) in [6, 6.07) is 5.30. The second-order valence-electron chi connectivity index (χ2n) is 9.33. The molecule has 1 aromatic carbocycles. The van der Waals surface area contributed by atoms with Gasteiger partial charge in [0.1, 0.15) is 5.56 Å². The molecule has 0 N–H and O–H groups in total. The largest absolute Gasteiger partial charge is 0.534 e. The van der Waals surface area contributed by atoms with E-state index in [-0.39, 0.29) is 22.9 Å². The number of likely N-dealkylation sites (tertiary alicyclic amines) is 2. The Morgan fingerprint density at radius 1 is 1.00 bits per heavy atom. The van der Waals surface area contributed by atoms with Gasteiger partial charge in [0.15, 0.2) is 0 Å². The van der Waals surface area contributed by atoms with Gasteiger partial charge in [0.05, 0.1) is 11.3 Å². The van der Waals surface area contributed by atoms with Crippen molar-refractivity contribution in [3.63, 3.8) is 0 Å². The Kier molecular flexibility index (Phi) is 7.67. The van der Waals surface area contributed by atoms with E-state index in [4.69, 9.17) is 0 Å². The summed E-state index contributed by atoms with van der Waals surface area (Å²) in [5.74, 6) is -1.90. The molecule has 2 fully saturated rings. The lowest BCUT2D eigenvalue weighted by atomic mass is 10.0. The molecule has 208 valence electrons. The van der Waals surface area contributed by atoms with Gasteiger partial charge < -0.3 is 14.0 Å². The first-order chi connectivity index (χ1) is 17.7. The van der Waals surface area contributed by atoms with Crippen LogP contribution in [0.5, 0.6) is 5.88 Å². The predicted octanol–water partition coefficient (Wildman–Crippen LogP) is 5.00. The fraction of sp³-hybridized carbons (Fsp3) is 0.500. The first-order valence-electron chi connectivity index (χ1n) is 11.9. The Morgan fingerprint density at radius 2 is 1.63 bits per heavy atom. The molecule has 2 saturated heterocycles. The lowest BCUT2D eigenvalue weighted by Crippen LogP contribution is -2.46. The summed E-state index contributed by atoms with van der Waals surface area (Å²) in [5.41, 5.74) is -7.78. The van der Waals surface area contributed by atoms with Crippen molar-refractivity contribution < 1.29 is 43.7 Å². The number of nitrogens with zero attached hydrogens (tertiary/aromatic N) is 3. The van der Waals surface area contributed by atoms with Crippen molar-refractivity contribution in [3.05, 3.63) is 47.0 Å². The minimum Gasteiger partial charge on any atom is -0.354 e. The number of aromatic nitrogens is 1. The van der Waals surface area contributed by atoms with Gasteiger partial charge >= 0.3 is 21.8 Å². The average Bonchev–Trinajstić information content (AvgIpc) is 3.37. The molecule has 4 rings (SSSR count). The molecule has 0 spiro atoms. The van der Waals surface area contributed by atoms with Crippen molar-refractivity contribution in [2.75, 3.05) is 26.2 Å². The topological polar surface area (TPSA) is 79.8 Å². The van der Waals surface area contributed by atoms with Gasteiger partial charge in [0, 0.05) is 24.7 Å². The maximum atomic E-state index is 13.4. The van der Waals surface area contributed by atoms with Crippen molar-refractivity contribution >= 4 is 16.0 Å². The van der Waals surface area contributed by atoms with Gasteiger partial charge in [-0.2, -0.15) is 34.8 Å². The van der Waals surface area contributed by atoms with E-state index in [0.717, 1.165) is 38.1 Å². The van der Waals surface area contributed by atoms with Crippen LogP contribution >= 0.6 is 0 Å². The molecule has 0 saturated carbocycles. The van der Waals surface area contributed by atoms with Gasteiger partial charge in [0.2, 0.25) is 5.88 Å². The molecule has 2 aromatic rings. The molecule has 3 heterocycles. The molecular formula is C24H25F6N3O4S. The third-order valence-corrected chi connectivity index (χ3v) is 7.71. The van der Waals surface area contributed by atoms with Crippen LogP contribution in [0.15, 0.2) is 30.3 Å². The van der Waals surface area contributed by atoms with Gasteiger partial charge in [-0.25, -0.2) is 4.98 Å². The zero-order chi connectivity index (χ0) is 27.9. The number of aryl methyl sites for hydroxylation is 1. The van der Waals surface area contributed by atoms with E-state index in [1.807, 2.05) is 0 Å². The van der Waals surface area contributed by atoms with Crippen LogP contribution in [0.25, 0.3) is 11.3 Å². The van der Waals surface area contributed by atoms with Gasteiger partial charge in [-0.15, -0.1) is 0 Å². The lowest BCUT2D eigenvalue weighted by molar-refractivity contribution is -0.137. The number of carbonyl (C=O) groups is 1. The van der Waals surface area contributed by atoms with E-state index in [0.29, 0.717) is 32.0 Å². The van der Waals surface area contributed by atoms with Crippen LogP contribution < -0.4 is 4.18 Å². The summed E-state index contributed by atoms with van der Waals surface area (Å²) >= 11 is 0. The fourth-order valence-electron chi connectivity index (χ4n) is 4.82.